The van der Waals surface area contributed by atoms with Crippen molar-refractivity contribution in [3.63, 3.8) is 0 Å². The maximum atomic E-state index is 5.75. The van der Waals surface area contributed by atoms with Gasteiger partial charge in [-0.05, 0) is 37.0 Å². The van der Waals surface area contributed by atoms with Gasteiger partial charge in [0.2, 0.25) is 0 Å². The average molecular weight is 247 g/mol. The lowest BCUT2D eigenvalue weighted by atomic mass is 9.87. The third kappa shape index (κ3) is 3.05. The van der Waals surface area contributed by atoms with Crippen molar-refractivity contribution >= 4 is 5.69 Å². The van der Waals surface area contributed by atoms with Crippen LogP contribution in [-0.2, 0) is 10.2 Å². The van der Waals surface area contributed by atoms with Crippen LogP contribution in [0.5, 0.6) is 0 Å². The molecular weight excluding hydrogens is 222 g/mol. The van der Waals surface area contributed by atoms with Crippen molar-refractivity contribution in [1.29, 1.82) is 0 Å². The van der Waals surface area contributed by atoms with E-state index in [-0.39, 0.29) is 11.0 Å². The summed E-state index contributed by atoms with van der Waals surface area (Å²) in [6, 6.07) is 8.97. The van der Waals surface area contributed by atoms with E-state index >= 15 is 0 Å². The molecule has 1 aromatic carbocycles. The first-order valence-electron chi connectivity index (χ1n) is 6.77. The largest absolute Gasteiger partial charge is 0.372 e. The van der Waals surface area contributed by atoms with Crippen LogP contribution in [0.25, 0.3) is 0 Å². The molecule has 1 aliphatic heterocycles. The molecule has 0 saturated carbocycles. The number of benzene rings is 1. The Morgan fingerprint density at radius 3 is 2.22 bits per heavy atom. The molecule has 0 amide bonds. The van der Waals surface area contributed by atoms with E-state index in [2.05, 4.69) is 63.8 Å². The van der Waals surface area contributed by atoms with Gasteiger partial charge in [-0.1, -0.05) is 32.9 Å². The molecule has 2 heteroatoms. The Hall–Kier alpha value is -1.02. The van der Waals surface area contributed by atoms with Crippen LogP contribution in [0, 0.1) is 0 Å². The highest BCUT2D eigenvalue weighted by Crippen LogP contribution is 2.27. The minimum atomic E-state index is -0.0407. The van der Waals surface area contributed by atoms with Crippen LogP contribution in [0.2, 0.25) is 0 Å². The molecule has 0 atom stereocenters. The summed E-state index contributed by atoms with van der Waals surface area (Å²) in [4.78, 5) is 2.41. The van der Waals surface area contributed by atoms with Crippen LogP contribution >= 0.6 is 0 Å². The van der Waals surface area contributed by atoms with E-state index in [1.54, 1.807) is 0 Å². The fraction of sp³-hybridized carbons (Fsp3) is 0.625. The number of ether oxygens (including phenoxy) is 1. The molecule has 100 valence electrons. The number of nitrogens with zero attached hydrogens (tertiary/aromatic N) is 1. The van der Waals surface area contributed by atoms with Gasteiger partial charge in [-0.15, -0.1) is 0 Å². The Bertz CT molecular complexity index is 400. The molecule has 0 aromatic heterocycles. The van der Waals surface area contributed by atoms with Crippen molar-refractivity contribution in [2.75, 3.05) is 24.6 Å². The van der Waals surface area contributed by atoms with Crippen molar-refractivity contribution in [2.24, 2.45) is 0 Å². The number of morpholine rings is 1. The highest BCUT2D eigenvalue weighted by molar-refractivity contribution is 5.49. The van der Waals surface area contributed by atoms with E-state index in [1.807, 2.05) is 0 Å². The van der Waals surface area contributed by atoms with E-state index in [4.69, 9.17) is 4.74 Å². The van der Waals surface area contributed by atoms with Gasteiger partial charge < -0.3 is 9.64 Å². The molecule has 18 heavy (non-hydrogen) atoms. The van der Waals surface area contributed by atoms with Crippen LogP contribution in [0.1, 0.15) is 40.2 Å². The lowest BCUT2D eigenvalue weighted by molar-refractivity contribution is -0.0276. The Balaban J connectivity index is 2.15. The highest BCUT2D eigenvalue weighted by Gasteiger charge is 2.27. The quantitative estimate of drug-likeness (QED) is 0.752. The highest BCUT2D eigenvalue weighted by atomic mass is 16.5. The zero-order chi connectivity index (χ0) is 13.4. The summed E-state index contributed by atoms with van der Waals surface area (Å²) in [5, 5.41) is 0. The summed E-state index contributed by atoms with van der Waals surface area (Å²) in [7, 11) is 0. The SMILES string of the molecule is CC1(C)CN(c2ccc(C(C)(C)C)cc2)CCO1. The molecule has 0 N–H and O–H groups in total. The first-order valence-corrected chi connectivity index (χ1v) is 6.77. The number of anilines is 1. The third-order valence-electron chi connectivity index (χ3n) is 3.52. The van der Waals surface area contributed by atoms with Gasteiger partial charge in [-0.3, -0.25) is 0 Å². The fourth-order valence-electron chi connectivity index (χ4n) is 2.41. The van der Waals surface area contributed by atoms with Gasteiger partial charge in [0.25, 0.3) is 0 Å². The predicted octanol–water partition coefficient (Wildman–Crippen LogP) is 3.60. The number of rotatable bonds is 1. The van der Waals surface area contributed by atoms with E-state index in [1.165, 1.54) is 11.3 Å². The van der Waals surface area contributed by atoms with Gasteiger partial charge in [-0.25, -0.2) is 0 Å². The van der Waals surface area contributed by atoms with Crippen molar-refractivity contribution in [3.8, 4) is 0 Å². The van der Waals surface area contributed by atoms with E-state index in [9.17, 15) is 0 Å². The zero-order valence-corrected chi connectivity index (χ0v) is 12.3. The van der Waals surface area contributed by atoms with Crippen LogP contribution in [0.4, 0.5) is 5.69 Å². The first-order chi connectivity index (χ1) is 8.28. The minimum absolute atomic E-state index is 0.0407. The van der Waals surface area contributed by atoms with Crippen LogP contribution < -0.4 is 4.90 Å². The molecule has 2 rings (SSSR count). The monoisotopic (exact) mass is 247 g/mol. The van der Waals surface area contributed by atoms with Crippen molar-refractivity contribution in [2.45, 2.75) is 45.6 Å². The van der Waals surface area contributed by atoms with Gasteiger partial charge in [0.15, 0.2) is 0 Å². The van der Waals surface area contributed by atoms with E-state index < -0.39 is 0 Å². The Kier molecular flexibility index (Phi) is 3.41. The van der Waals surface area contributed by atoms with E-state index in [0.29, 0.717) is 0 Å². The first kappa shape index (κ1) is 13.4. The van der Waals surface area contributed by atoms with Gasteiger partial charge in [0.1, 0.15) is 0 Å². The van der Waals surface area contributed by atoms with Gasteiger partial charge >= 0.3 is 0 Å². The Morgan fingerprint density at radius 1 is 1.11 bits per heavy atom. The van der Waals surface area contributed by atoms with Crippen molar-refractivity contribution in [3.05, 3.63) is 29.8 Å². The molecule has 0 aliphatic carbocycles. The van der Waals surface area contributed by atoms with Gasteiger partial charge in [-0.2, -0.15) is 0 Å². The molecule has 0 unspecified atom stereocenters. The number of hydrogen-bond donors (Lipinski definition) is 0. The van der Waals surface area contributed by atoms with Gasteiger partial charge in [0.05, 0.1) is 12.2 Å². The molecule has 0 spiro atoms. The maximum Gasteiger partial charge on any atom is 0.0801 e. The second-order valence-corrected chi connectivity index (χ2v) is 6.83. The summed E-state index contributed by atoms with van der Waals surface area (Å²) in [6.45, 7) is 13.8. The second-order valence-electron chi connectivity index (χ2n) is 6.83. The lowest BCUT2D eigenvalue weighted by Gasteiger charge is -2.39. The molecular formula is C16H25NO. The molecule has 0 radical (unpaired) electrons. The summed E-state index contributed by atoms with van der Waals surface area (Å²) in [5.74, 6) is 0. The summed E-state index contributed by atoms with van der Waals surface area (Å²) < 4.78 is 5.75. The molecule has 0 bridgehead atoms. The standard InChI is InChI=1S/C16H25NO/c1-15(2,3)13-6-8-14(9-7-13)17-10-11-18-16(4,5)12-17/h6-9H,10-12H2,1-5H3. The normalized spacial score (nSPS) is 19.9. The summed E-state index contributed by atoms with van der Waals surface area (Å²) in [5.41, 5.74) is 2.88. The lowest BCUT2D eigenvalue weighted by Crippen LogP contribution is -2.48. The molecule has 1 fully saturated rings. The Morgan fingerprint density at radius 2 is 1.72 bits per heavy atom. The predicted molar refractivity (Wildman–Crippen MR) is 77.4 cm³/mol. The Labute approximate surface area is 111 Å². The molecule has 2 nitrogen and oxygen atoms in total. The smallest absolute Gasteiger partial charge is 0.0801 e. The topological polar surface area (TPSA) is 12.5 Å². The summed E-state index contributed by atoms with van der Waals surface area (Å²) >= 11 is 0. The van der Waals surface area contributed by atoms with Gasteiger partial charge in [0, 0.05) is 18.8 Å². The third-order valence-corrected chi connectivity index (χ3v) is 3.52. The van der Waals surface area contributed by atoms with Crippen molar-refractivity contribution in [1.82, 2.24) is 0 Å². The number of hydrogen-bond acceptors (Lipinski definition) is 2. The molecule has 1 saturated heterocycles. The minimum Gasteiger partial charge on any atom is -0.372 e. The van der Waals surface area contributed by atoms with Crippen molar-refractivity contribution < 1.29 is 4.74 Å². The molecule has 1 heterocycles. The zero-order valence-electron chi connectivity index (χ0n) is 12.3. The maximum absolute atomic E-state index is 5.75. The molecule has 1 aliphatic rings. The summed E-state index contributed by atoms with van der Waals surface area (Å²) in [6.07, 6.45) is 0. The average Bonchev–Trinajstić information content (AvgIpc) is 2.27. The van der Waals surface area contributed by atoms with E-state index in [0.717, 1.165) is 19.7 Å². The molecule has 1 aromatic rings. The van der Waals surface area contributed by atoms with Crippen LogP contribution in [-0.4, -0.2) is 25.3 Å². The van der Waals surface area contributed by atoms with Crippen LogP contribution in [0.3, 0.4) is 0 Å². The second kappa shape index (κ2) is 4.58. The van der Waals surface area contributed by atoms with Crippen LogP contribution in [0.15, 0.2) is 24.3 Å². The fourth-order valence-corrected chi connectivity index (χ4v) is 2.41.